The zero-order chi connectivity index (χ0) is 19.5. The number of nitrogens with one attached hydrogen (secondary N) is 2. The van der Waals surface area contributed by atoms with Crippen LogP contribution in [0.3, 0.4) is 0 Å². The average Bonchev–Trinajstić information content (AvgIpc) is 3.15. The highest BCUT2D eigenvalue weighted by Crippen LogP contribution is 2.59. The monoisotopic (exact) mass is 407 g/mol. The average molecular weight is 408 g/mol. The van der Waals surface area contributed by atoms with Crippen molar-refractivity contribution in [3.8, 4) is 0 Å². The summed E-state index contributed by atoms with van der Waals surface area (Å²) in [7, 11) is -2.26. The van der Waals surface area contributed by atoms with Crippen LogP contribution in [0.15, 0.2) is 22.8 Å². The summed E-state index contributed by atoms with van der Waals surface area (Å²) in [6.07, 6.45) is 9.63. The lowest BCUT2D eigenvalue weighted by atomic mass is 9.49. The van der Waals surface area contributed by atoms with Gasteiger partial charge in [-0.2, -0.15) is 17.4 Å². The minimum atomic E-state index is -3.73. The Morgan fingerprint density at radius 3 is 2.43 bits per heavy atom. The summed E-state index contributed by atoms with van der Waals surface area (Å²) in [5.74, 6) is 2.82. The number of hydrogen-bond donors (Lipinski definition) is 2. The number of carbonyl (C=O) groups excluding carboxylic acids is 1. The van der Waals surface area contributed by atoms with Crippen molar-refractivity contribution in [1.82, 2.24) is 14.3 Å². The molecule has 1 aromatic rings. The van der Waals surface area contributed by atoms with Crippen molar-refractivity contribution in [2.75, 3.05) is 13.6 Å². The van der Waals surface area contributed by atoms with Crippen LogP contribution in [0.25, 0.3) is 0 Å². The molecule has 0 unspecified atom stereocenters. The normalized spacial score (nSPS) is 41.8. The highest BCUT2D eigenvalue weighted by atomic mass is 32.2. The molecule has 1 aliphatic heterocycles. The van der Waals surface area contributed by atoms with Crippen molar-refractivity contribution < 1.29 is 17.6 Å². The van der Waals surface area contributed by atoms with Gasteiger partial charge >= 0.3 is 0 Å². The van der Waals surface area contributed by atoms with Crippen LogP contribution < -0.4 is 10.0 Å². The molecule has 0 spiro atoms. The predicted octanol–water partition coefficient (Wildman–Crippen LogP) is 2.19. The maximum atomic E-state index is 13.0. The summed E-state index contributed by atoms with van der Waals surface area (Å²) in [4.78, 5) is 13.0. The fourth-order valence-electron chi connectivity index (χ4n) is 6.69. The number of carbonyl (C=O) groups is 1. The van der Waals surface area contributed by atoms with E-state index in [1.807, 2.05) is 0 Å². The van der Waals surface area contributed by atoms with E-state index >= 15 is 0 Å². The molecule has 5 fully saturated rings. The molecule has 0 radical (unpaired) electrons. The van der Waals surface area contributed by atoms with Crippen LogP contribution >= 0.6 is 0 Å². The molecule has 1 amide bonds. The molecule has 8 heteroatoms. The van der Waals surface area contributed by atoms with Gasteiger partial charge in [0.05, 0.1) is 12.3 Å². The quantitative estimate of drug-likeness (QED) is 0.800. The Kier molecular flexibility index (Phi) is 4.37. The van der Waals surface area contributed by atoms with Crippen molar-refractivity contribution in [2.24, 2.45) is 23.2 Å². The maximum Gasteiger partial charge on any atom is 0.280 e. The third kappa shape index (κ3) is 3.19. The van der Waals surface area contributed by atoms with E-state index in [9.17, 15) is 13.2 Å². The second kappa shape index (κ2) is 6.57. The van der Waals surface area contributed by atoms with Gasteiger partial charge in [0.25, 0.3) is 10.2 Å². The highest BCUT2D eigenvalue weighted by Gasteiger charge is 2.51. The molecule has 28 heavy (non-hydrogen) atoms. The highest BCUT2D eigenvalue weighted by molar-refractivity contribution is 7.87. The fourth-order valence-corrected chi connectivity index (χ4v) is 7.94. The van der Waals surface area contributed by atoms with Gasteiger partial charge in [-0.1, -0.05) is 0 Å². The van der Waals surface area contributed by atoms with Gasteiger partial charge in [0, 0.05) is 13.6 Å². The number of amides is 1. The molecule has 1 saturated heterocycles. The van der Waals surface area contributed by atoms with Crippen LogP contribution in [0.4, 0.5) is 0 Å². The SMILES string of the molecule is CN1[C@@H](C(=O)NCC23CC4CC(CC(C4)C2)C3)C[C@@H](c2ccco2)NS1(=O)=O. The molecule has 4 aliphatic carbocycles. The molecule has 7 nitrogen and oxygen atoms in total. The molecule has 4 bridgehead atoms. The lowest BCUT2D eigenvalue weighted by Gasteiger charge is -2.57. The van der Waals surface area contributed by atoms with Crippen LogP contribution in [0.1, 0.15) is 56.7 Å². The zero-order valence-electron chi connectivity index (χ0n) is 16.3. The summed E-state index contributed by atoms with van der Waals surface area (Å²) >= 11 is 0. The number of furan rings is 1. The summed E-state index contributed by atoms with van der Waals surface area (Å²) in [5, 5.41) is 3.14. The molecule has 4 saturated carbocycles. The van der Waals surface area contributed by atoms with Gasteiger partial charge in [-0.05, 0) is 80.2 Å². The van der Waals surface area contributed by atoms with E-state index in [2.05, 4.69) is 10.0 Å². The molecule has 2 atom stereocenters. The second-order valence-electron chi connectivity index (χ2n) is 9.59. The summed E-state index contributed by atoms with van der Waals surface area (Å²) in [6.45, 7) is 0.679. The maximum absolute atomic E-state index is 13.0. The van der Waals surface area contributed by atoms with Crippen molar-refractivity contribution in [2.45, 2.75) is 57.0 Å². The third-order valence-corrected chi connectivity index (χ3v) is 9.16. The number of nitrogens with zero attached hydrogens (tertiary/aromatic N) is 1. The molecule has 2 heterocycles. The van der Waals surface area contributed by atoms with E-state index in [-0.39, 0.29) is 11.3 Å². The lowest BCUT2D eigenvalue weighted by molar-refractivity contribution is -0.127. The van der Waals surface area contributed by atoms with E-state index in [0.717, 1.165) is 22.1 Å². The van der Waals surface area contributed by atoms with E-state index < -0.39 is 22.3 Å². The Morgan fingerprint density at radius 2 is 1.86 bits per heavy atom. The first kappa shape index (κ1) is 18.6. The first-order valence-corrected chi connectivity index (χ1v) is 11.8. The van der Waals surface area contributed by atoms with Gasteiger partial charge in [0.2, 0.25) is 5.91 Å². The molecule has 0 aromatic carbocycles. The summed E-state index contributed by atoms with van der Waals surface area (Å²) in [5.41, 5.74) is 0.231. The van der Waals surface area contributed by atoms with E-state index in [4.69, 9.17) is 4.42 Å². The Hall–Kier alpha value is -1.38. The Balaban J connectivity index is 1.29. The number of hydrogen-bond acceptors (Lipinski definition) is 4. The van der Waals surface area contributed by atoms with Gasteiger partial charge in [-0.3, -0.25) is 4.79 Å². The minimum absolute atomic E-state index is 0.195. The van der Waals surface area contributed by atoms with Gasteiger partial charge in [-0.25, -0.2) is 0 Å². The first-order valence-electron chi connectivity index (χ1n) is 10.4. The molecular weight excluding hydrogens is 378 g/mol. The van der Waals surface area contributed by atoms with Crippen LogP contribution in [0.2, 0.25) is 0 Å². The molecule has 154 valence electrons. The van der Waals surface area contributed by atoms with Crippen LogP contribution in [0, 0.1) is 23.2 Å². The van der Waals surface area contributed by atoms with Gasteiger partial charge in [0.1, 0.15) is 11.8 Å². The van der Waals surface area contributed by atoms with Crippen molar-refractivity contribution in [1.29, 1.82) is 0 Å². The molecule has 5 aliphatic rings. The van der Waals surface area contributed by atoms with E-state index in [1.165, 1.54) is 51.8 Å². The molecular formula is C20H29N3O4S. The van der Waals surface area contributed by atoms with Gasteiger partial charge in [-0.15, -0.1) is 0 Å². The van der Waals surface area contributed by atoms with Crippen molar-refractivity contribution in [3.05, 3.63) is 24.2 Å². The van der Waals surface area contributed by atoms with Crippen molar-refractivity contribution >= 4 is 16.1 Å². The van der Waals surface area contributed by atoms with E-state index in [0.29, 0.717) is 18.7 Å². The van der Waals surface area contributed by atoms with Gasteiger partial charge < -0.3 is 9.73 Å². The second-order valence-corrected chi connectivity index (χ2v) is 11.4. The number of rotatable bonds is 4. The van der Waals surface area contributed by atoms with Crippen LogP contribution in [-0.4, -0.2) is 38.3 Å². The fraction of sp³-hybridized carbons (Fsp3) is 0.750. The third-order valence-electron chi connectivity index (χ3n) is 7.56. The Labute approximate surface area is 166 Å². The Morgan fingerprint density at radius 1 is 1.21 bits per heavy atom. The van der Waals surface area contributed by atoms with Gasteiger partial charge in [0.15, 0.2) is 0 Å². The summed E-state index contributed by atoms with van der Waals surface area (Å²) in [6, 6.07) is 2.22. The van der Waals surface area contributed by atoms with Crippen LogP contribution in [0.5, 0.6) is 0 Å². The molecule has 6 rings (SSSR count). The summed E-state index contributed by atoms with van der Waals surface area (Å²) < 4.78 is 34.2. The lowest BCUT2D eigenvalue weighted by Crippen LogP contribution is -2.58. The largest absolute Gasteiger partial charge is 0.468 e. The van der Waals surface area contributed by atoms with Crippen LogP contribution in [-0.2, 0) is 15.0 Å². The van der Waals surface area contributed by atoms with E-state index in [1.54, 1.807) is 12.1 Å². The molecule has 1 aromatic heterocycles. The Bertz CT molecular complexity index is 816. The standard InChI is InChI=1S/C20H29N3O4S/c1-23-17(8-16(22-28(23,25)26)18-3-2-4-27-18)19(24)21-12-20-9-13-5-14(10-20)7-15(6-13)11-20/h2-4,13-17,22H,5-12H2,1H3,(H,21,24)/t13?,14?,15?,16-,17+,20?/m0/s1. The predicted molar refractivity (Wildman–Crippen MR) is 103 cm³/mol. The topological polar surface area (TPSA) is 91.7 Å². The molecule has 2 N–H and O–H groups in total. The minimum Gasteiger partial charge on any atom is -0.468 e. The van der Waals surface area contributed by atoms with Crippen molar-refractivity contribution in [3.63, 3.8) is 0 Å². The zero-order valence-corrected chi connectivity index (χ0v) is 17.1. The number of likely N-dealkylation sites (N-methyl/N-ethyl adjacent to an activating group) is 1. The first-order chi connectivity index (χ1) is 13.3. The smallest absolute Gasteiger partial charge is 0.280 e.